The van der Waals surface area contributed by atoms with E-state index in [4.69, 9.17) is 0 Å². The summed E-state index contributed by atoms with van der Waals surface area (Å²) >= 11 is 0. The molecule has 2 fully saturated rings. The van der Waals surface area contributed by atoms with Gasteiger partial charge in [-0.25, -0.2) is 4.79 Å². The summed E-state index contributed by atoms with van der Waals surface area (Å²) in [5.74, 6) is -1.28. The van der Waals surface area contributed by atoms with Crippen molar-refractivity contribution in [1.82, 2.24) is 4.90 Å². The summed E-state index contributed by atoms with van der Waals surface area (Å²) in [6.07, 6.45) is 6.99. The highest BCUT2D eigenvalue weighted by Crippen LogP contribution is 2.34. The highest BCUT2D eigenvalue weighted by Gasteiger charge is 2.40. The van der Waals surface area contributed by atoms with E-state index in [-0.39, 0.29) is 6.10 Å². The van der Waals surface area contributed by atoms with Crippen molar-refractivity contribution in [3.63, 3.8) is 0 Å². The number of benzene rings is 3. The highest BCUT2D eigenvalue weighted by molar-refractivity contribution is 5.83. The molecule has 3 N–H and O–H groups in total. The molecule has 2 heterocycles. The van der Waals surface area contributed by atoms with Crippen LogP contribution in [0.2, 0.25) is 0 Å². The third-order valence-electron chi connectivity index (χ3n) is 7.30. The standard InChI is InChI=1S/C16H23NO.C14H12O3/c18-16-11-14-7-4-8-15(12-16)17(14)10-9-13-5-2-1-3-6-13;15-13(16)14(17,11-7-3-1-4-8-11)12-9-5-2-6-10-12/h1-3,5-6,14-16,18H,4,7-12H2;1-10,17H,(H,15,16). The first kappa shape index (κ1) is 25.1. The van der Waals surface area contributed by atoms with Crippen LogP contribution < -0.4 is 0 Å². The van der Waals surface area contributed by atoms with Gasteiger partial charge in [0.1, 0.15) is 0 Å². The van der Waals surface area contributed by atoms with E-state index in [2.05, 4.69) is 35.2 Å². The molecule has 0 aliphatic carbocycles. The Bertz CT molecular complexity index is 1000. The quantitative estimate of drug-likeness (QED) is 0.487. The maximum absolute atomic E-state index is 11.4. The van der Waals surface area contributed by atoms with Crippen LogP contribution in [0, 0.1) is 0 Å². The van der Waals surface area contributed by atoms with E-state index in [9.17, 15) is 20.1 Å². The number of carboxylic acids is 1. The van der Waals surface area contributed by atoms with Crippen molar-refractivity contribution >= 4 is 5.97 Å². The molecule has 5 nitrogen and oxygen atoms in total. The first-order valence-corrected chi connectivity index (χ1v) is 12.5. The van der Waals surface area contributed by atoms with Gasteiger partial charge in [0.05, 0.1) is 6.10 Å². The average Bonchev–Trinajstić information content (AvgIpc) is 2.89. The van der Waals surface area contributed by atoms with Crippen LogP contribution in [0.1, 0.15) is 48.8 Å². The number of nitrogens with zero attached hydrogens (tertiary/aromatic N) is 1. The Hall–Kier alpha value is -2.99. The summed E-state index contributed by atoms with van der Waals surface area (Å²) in [5, 5.41) is 29.6. The fourth-order valence-corrected chi connectivity index (χ4v) is 5.49. The van der Waals surface area contributed by atoms with Crippen LogP contribution in [0.25, 0.3) is 0 Å². The number of aliphatic carboxylic acids is 1. The molecule has 3 aromatic rings. The third kappa shape index (κ3) is 5.99. The maximum Gasteiger partial charge on any atom is 0.345 e. The summed E-state index contributed by atoms with van der Waals surface area (Å²) < 4.78 is 0. The van der Waals surface area contributed by atoms with Gasteiger partial charge in [0.25, 0.3) is 0 Å². The van der Waals surface area contributed by atoms with E-state index in [0.29, 0.717) is 23.2 Å². The Labute approximate surface area is 207 Å². The molecule has 3 aromatic carbocycles. The smallest absolute Gasteiger partial charge is 0.345 e. The molecular weight excluding hydrogens is 438 g/mol. The van der Waals surface area contributed by atoms with Gasteiger partial charge < -0.3 is 15.3 Å². The predicted octanol–water partition coefficient (Wildman–Crippen LogP) is 4.61. The van der Waals surface area contributed by atoms with Crippen molar-refractivity contribution in [3.05, 3.63) is 108 Å². The van der Waals surface area contributed by atoms with Gasteiger partial charge in [-0.15, -0.1) is 0 Å². The van der Waals surface area contributed by atoms with Gasteiger partial charge in [0, 0.05) is 18.6 Å². The second-order valence-electron chi connectivity index (χ2n) is 9.58. The Morgan fingerprint density at radius 1 is 0.800 bits per heavy atom. The summed E-state index contributed by atoms with van der Waals surface area (Å²) in [4.78, 5) is 14.0. The van der Waals surface area contributed by atoms with Crippen LogP contribution >= 0.6 is 0 Å². The number of hydrogen-bond donors (Lipinski definition) is 3. The Balaban J connectivity index is 0.000000165. The van der Waals surface area contributed by atoms with Crippen molar-refractivity contribution in [1.29, 1.82) is 0 Å². The van der Waals surface area contributed by atoms with Crippen LogP contribution in [-0.4, -0.2) is 50.9 Å². The molecular formula is C30H35NO4. The number of rotatable bonds is 6. The Morgan fingerprint density at radius 3 is 1.71 bits per heavy atom. The van der Waals surface area contributed by atoms with Gasteiger partial charge in [-0.2, -0.15) is 0 Å². The molecule has 2 aliphatic heterocycles. The molecule has 2 saturated heterocycles. The molecule has 2 aliphatic rings. The molecule has 2 unspecified atom stereocenters. The number of piperidine rings is 2. The first-order valence-electron chi connectivity index (χ1n) is 12.5. The van der Waals surface area contributed by atoms with Crippen molar-refractivity contribution in [2.75, 3.05) is 6.54 Å². The number of carboxylic acid groups (broad SMARTS) is 1. The minimum atomic E-state index is -2.00. The highest BCUT2D eigenvalue weighted by atomic mass is 16.4. The van der Waals surface area contributed by atoms with E-state index in [1.165, 1.54) is 24.8 Å². The lowest BCUT2D eigenvalue weighted by atomic mass is 9.83. The van der Waals surface area contributed by atoms with E-state index < -0.39 is 11.6 Å². The summed E-state index contributed by atoms with van der Waals surface area (Å²) in [6.45, 7) is 1.16. The second-order valence-corrected chi connectivity index (χ2v) is 9.58. The minimum Gasteiger partial charge on any atom is -0.479 e. The number of carbonyl (C=O) groups is 1. The van der Waals surface area contributed by atoms with E-state index in [0.717, 1.165) is 25.8 Å². The molecule has 0 aromatic heterocycles. The predicted molar refractivity (Wildman–Crippen MR) is 137 cm³/mol. The Kier molecular flexibility index (Phi) is 8.34. The molecule has 184 valence electrons. The zero-order chi connectivity index (χ0) is 24.7. The maximum atomic E-state index is 11.4. The minimum absolute atomic E-state index is 0.0479. The van der Waals surface area contributed by atoms with Crippen molar-refractivity contribution in [2.24, 2.45) is 0 Å². The number of aliphatic hydroxyl groups excluding tert-OH is 1. The van der Waals surface area contributed by atoms with Gasteiger partial charge in [-0.3, -0.25) is 4.90 Å². The summed E-state index contributed by atoms with van der Waals surface area (Å²) in [5.41, 5.74) is 0.127. The van der Waals surface area contributed by atoms with Gasteiger partial charge in [-0.05, 0) is 48.8 Å². The fraction of sp³-hybridized carbons (Fsp3) is 0.367. The van der Waals surface area contributed by atoms with Crippen molar-refractivity contribution < 1.29 is 20.1 Å². The summed E-state index contributed by atoms with van der Waals surface area (Å²) in [6, 6.07) is 28.8. The molecule has 0 radical (unpaired) electrons. The van der Waals surface area contributed by atoms with Crippen LogP contribution in [0.3, 0.4) is 0 Å². The second kappa shape index (κ2) is 11.6. The molecule has 5 heteroatoms. The van der Waals surface area contributed by atoms with Crippen molar-refractivity contribution in [3.8, 4) is 0 Å². The first-order chi connectivity index (χ1) is 17.0. The van der Waals surface area contributed by atoms with E-state index in [1.54, 1.807) is 60.7 Å². The SMILES string of the molecule is O=C(O)C(O)(c1ccccc1)c1ccccc1.OC1CC2CCCC(C1)N2CCc1ccccc1. The summed E-state index contributed by atoms with van der Waals surface area (Å²) in [7, 11) is 0. The largest absolute Gasteiger partial charge is 0.479 e. The van der Waals surface area contributed by atoms with Crippen LogP contribution in [0.4, 0.5) is 0 Å². The molecule has 0 spiro atoms. The topological polar surface area (TPSA) is 81.0 Å². The average molecular weight is 474 g/mol. The monoisotopic (exact) mass is 473 g/mol. The molecule has 2 atom stereocenters. The van der Waals surface area contributed by atoms with Gasteiger partial charge in [0.15, 0.2) is 0 Å². The van der Waals surface area contributed by atoms with Gasteiger partial charge in [-0.1, -0.05) is 97.4 Å². The fourth-order valence-electron chi connectivity index (χ4n) is 5.49. The normalized spacial score (nSPS) is 22.1. The number of fused-ring (bicyclic) bond motifs is 2. The molecule has 5 rings (SSSR count). The van der Waals surface area contributed by atoms with Crippen LogP contribution in [0.15, 0.2) is 91.0 Å². The number of hydrogen-bond acceptors (Lipinski definition) is 4. The zero-order valence-electron chi connectivity index (χ0n) is 20.0. The lowest BCUT2D eigenvalue weighted by Gasteiger charge is -2.48. The third-order valence-corrected chi connectivity index (χ3v) is 7.30. The molecule has 0 amide bonds. The van der Waals surface area contributed by atoms with Gasteiger partial charge >= 0.3 is 5.97 Å². The van der Waals surface area contributed by atoms with Crippen molar-refractivity contribution in [2.45, 2.75) is 62.3 Å². The van der Waals surface area contributed by atoms with E-state index in [1.807, 2.05) is 0 Å². The van der Waals surface area contributed by atoms with Gasteiger partial charge in [0.2, 0.25) is 5.60 Å². The van der Waals surface area contributed by atoms with Crippen LogP contribution in [-0.2, 0) is 16.8 Å². The number of aliphatic hydroxyl groups is 2. The lowest BCUT2D eigenvalue weighted by molar-refractivity contribution is -0.155. The molecule has 35 heavy (non-hydrogen) atoms. The zero-order valence-corrected chi connectivity index (χ0v) is 20.0. The molecule has 0 saturated carbocycles. The van der Waals surface area contributed by atoms with E-state index >= 15 is 0 Å². The Morgan fingerprint density at radius 2 is 1.26 bits per heavy atom. The lowest BCUT2D eigenvalue weighted by Crippen LogP contribution is -2.53. The molecule has 2 bridgehead atoms. The van der Waals surface area contributed by atoms with Crippen LogP contribution in [0.5, 0.6) is 0 Å².